The van der Waals surface area contributed by atoms with E-state index >= 15 is 0 Å². The molecule has 1 atom stereocenters. The number of carbonyl (C=O) groups excluding carboxylic acids is 1. The molecule has 0 saturated carbocycles. The third kappa shape index (κ3) is 1.10. The zero-order valence-electron chi connectivity index (χ0n) is 5.46. The molecule has 0 amide bonds. The van der Waals surface area contributed by atoms with Crippen molar-refractivity contribution in [2.75, 3.05) is 7.11 Å². The molecular weight excluding hydrogens is 152 g/mol. The van der Waals surface area contributed by atoms with Gasteiger partial charge in [-0.3, -0.25) is 5.73 Å². The van der Waals surface area contributed by atoms with E-state index in [1.54, 1.807) is 11.6 Å². The Hall–Kier alpha value is -0.680. The first-order valence-electron chi connectivity index (χ1n) is 2.67. The second kappa shape index (κ2) is 2.51. The number of ether oxygens (including phenoxy) is 1. The highest BCUT2D eigenvalue weighted by atomic mass is 32.2. The average Bonchev–Trinajstić information content (AvgIpc) is 2.36. The van der Waals surface area contributed by atoms with Gasteiger partial charge in [0.25, 0.3) is 0 Å². The molecule has 0 bridgehead atoms. The molecule has 1 aliphatic rings. The second-order valence-electron chi connectivity index (χ2n) is 1.79. The molecule has 1 aliphatic heterocycles. The molecule has 0 aromatic rings. The number of nitrogens with one attached hydrogen (secondary N) is 1. The van der Waals surface area contributed by atoms with Gasteiger partial charge in [0.15, 0.2) is 0 Å². The van der Waals surface area contributed by atoms with Gasteiger partial charge < -0.3 is 10.1 Å². The van der Waals surface area contributed by atoms with Crippen LogP contribution in [0, 0.1) is 0 Å². The van der Waals surface area contributed by atoms with E-state index in [0.717, 1.165) is 0 Å². The Morgan fingerprint density at radius 1 is 1.90 bits per heavy atom. The average molecular weight is 160 g/mol. The van der Waals surface area contributed by atoms with Crippen LogP contribution in [-0.4, -0.2) is 18.1 Å². The quantitative estimate of drug-likeness (QED) is 0.510. The minimum Gasteiger partial charge on any atom is -0.466 e. The van der Waals surface area contributed by atoms with Crippen molar-refractivity contribution >= 4 is 17.7 Å². The monoisotopic (exact) mass is 160 g/mol. The van der Waals surface area contributed by atoms with Crippen LogP contribution in [-0.2, 0) is 9.53 Å². The number of methoxy groups -OCH3 is 1. The third-order valence-corrected chi connectivity index (χ3v) is 2.04. The van der Waals surface area contributed by atoms with E-state index in [1.165, 1.54) is 18.9 Å². The van der Waals surface area contributed by atoms with Crippen LogP contribution in [0.15, 0.2) is 11.6 Å². The van der Waals surface area contributed by atoms with Gasteiger partial charge >= 0.3 is 5.97 Å². The highest BCUT2D eigenvalue weighted by molar-refractivity contribution is 8.04. The van der Waals surface area contributed by atoms with Crippen LogP contribution in [0.2, 0.25) is 0 Å². The SMILES string of the molecule is COC(=O)C1(N)NC=CS1. The zero-order valence-corrected chi connectivity index (χ0v) is 6.27. The summed E-state index contributed by atoms with van der Waals surface area (Å²) >= 11 is 1.19. The molecule has 1 unspecified atom stereocenters. The molecule has 0 aliphatic carbocycles. The number of carbonyl (C=O) groups is 1. The van der Waals surface area contributed by atoms with Gasteiger partial charge in [0, 0.05) is 6.20 Å². The summed E-state index contributed by atoms with van der Waals surface area (Å²) in [5.74, 6) is -0.470. The van der Waals surface area contributed by atoms with Crippen LogP contribution in [0.25, 0.3) is 0 Å². The lowest BCUT2D eigenvalue weighted by atomic mass is 10.5. The van der Waals surface area contributed by atoms with Crippen molar-refractivity contribution in [3.63, 3.8) is 0 Å². The molecule has 0 saturated heterocycles. The molecule has 1 rings (SSSR count). The molecule has 10 heavy (non-hydrogen) atoms. The van der Waals surface area contributed by atoms with Crippen LogP contribution in [0.1, 0.15) is 0 Å². The van der Waals surface area contributed by atoms with Crippen LogP contribution in [0.5, 0.6) is 0 Å². The molecule has 4 nitrogen and oxygen atoms in total. The van der Waals surface area contributed by atoms with E-state index < -0.39 is 11.0 Å². The molecule has 56 valence electrons. The zero-order chi connectivity index (χ0) is 7.61. The Labute approximate surface area is 62.8 Å². The summed E-state index contributed by atoms with van der Waals surface area (Å²) < 4.78 is 4.45. The van der Waals surface area contributed by atoms with Crippen molar-refractivity contribution in [2.24, 2.45) is 5.73 Å². The summed E-state index contributed by atoms with van der Waals surface area (Å²) in [7, 11) is 1.30. The van der Waals surface area contributed by atoms with E-state index in [1.807, 2.05) is 0 Å². The summed E-state index contributed by atoms with van der Waals surface area (Å²) in [6.45, 7) is 0. The summed E-state index contributed by atoms with van der Waals surface area (Å²) in [5.41, 5.74) is 5.53. The van der Waals surface area contributed by atoms with Crippen molar-refractivity contribution in [3.05, 3.63) is 11.6 Å². The van der Waals surface area contributed by atoms with Crippen LogP contribution >= 0.6 is 11.8 Å². The lowest BCUT2D eigenvalue weighted by Gasteiger charge is -2.19. The van der Waals surface area contributed by atoms with Crippen molar-refractivity contribution in [3.8, 4) is 0 Å². The predicted octanol–water partition coefficient (Wildman–Crippen LogP) is -0.420. The summed E-state index contributed by atoms with van der Waals surface area (Å²) in [6.07, 6.45) is 1.61. The van der Waals surface area contributed by atoms with E-state index in [2.05, 4.69) is 10.1 Å². The first-order valence-corrected chi connectivity index (χ1v) is 3.55. The maximum Gasteiger partial charge on any atom is 0.358 e. The van der Waals surface area contributed by atoms with Gasteiger partial charge in [0.2, 0.25) is 4.99 Å². The lowest BCUT2D eigenvalue weighted by Crippen LogP contribution is -2.53. The summed E-state index contributed by atoms with van der Waals surface area (Å²) in [4.78, 5) is 9.76. The number of thioether (sulfide) groups is 1. The second-order valence-corrected chi connectivity index (χ2v) is 2.94. The van der Waals surface area contributed by atoms with Crippen molar-refractivity contribution < 1.29 is 9.53 Å². The van der Waals surface area contributed by atoms with Gasteiger partial charge in [-0.2, -0.15) is 0 Å². The van der Waals surface area contributed by atoms with Gasteiger partial charge in [-0.15, -0.1) is 0 Å². The van der Waals surface area contributed by atoms with E-state index in [0.29, 0.717) is 0 Å². The van der Waals surface area contributed by atoms with Gasteiger partial charge in [-0.1, -0.05) is 11.8 Å². The fraction of sp³-hybridized carbons (Fsp3) is 0.400. The van der Waals surface area contributed by atoms with Gasteiger partial charge in [-0.25, -0.2) is 4.79 Å². The summed E-state index contributed by atoms with van der Waals surface area (Å²) in [5, 5.41) is 4.37. The maximum atomic E-state index is 10.9. The van der Waals surface area contributed by atoms with Crippen LogP contribution < -0.4 is 11.1 Å². The van der Waals surface area contributed by atoms with E-state index in [9.17, 15) is 4.79 Å². The Morgan fingerprint density at radius 3 is 3.00 bits per heavy atom. The van der Waals surface area contributed by atoms with Crippen molar-refractivity contribution in [2.45, 2.75) is 4.99 Å². The third-order valence-electron chi connectivity index (χ3n) is 1.11. The fourth-order valence-corrected chi connectivity index (χ4v) is 1.26. The lowest BCUT2D eigenvalue weighted by molar-refractivity contribution is -0.143. The normalized spacial score (nSPS) is 29.8. The molecule has 0 aromatic heterocycles. The predicted molar refractivity (Wildman–Crippen MR) is 38.8 cm³/mol. The fourth-order valence-electron chi connectivity index (χ4n) is 0.592. The van der Waals surface area contributed by atoms with Gasteiger partial charge in [-0.05, 0) is 5.41 Å². The largest absolute Gasteiger partial charge is 0.466 e. The minimum absolute atomic E-state index is 0.470. The molecule has 5 heteroatoms. The van der Waals surface area contributed by atoms with Crippen molar-refractivity contribution in [1.82, 2.24) is 5.32 Å². The minimum atomic E-state index is -1.10. The van der Waals surface area contributed by atoms with Gasteiger partial charge in [0.1, 0.15) is 0 Å². The van der Waals surface area contributed by atoms with E-state index in [-0.39, 0.29) is 0 Å². The summed E-state index contributed by atoms with van der Waals surface area (Å²) in [6, 6.07) is 0. The molecule has 3 N–H and O–H groups in total. The van der Waals surface area contributed by atoms with Crippen LogP contribution in [0.3, 0.4) is 0 Å². The first-order chi connectivity index (χ1) is 4.69. The highest BCUT2D eigenvalue weighted by Crippen LogP contribution is 2.23. The molecule has 1 heterocycles. The smallest absolute Gasteiger partial charge is 0.358 e. The molecule has 0 radical (unpaired) electrons. The number of hydrogen-bond acceptors (Lipinski definition) is 5. The topological polar surface area (TPSA) is 64.3 Å². The molecular formula is C5H8N2O2S. The highest BCUT2D eigenvalue weighted by Gasteiger charge is 2.36. The van der Waals surface area contributed by atoms with Crippen LogP contribution in [0.4, 0.5) is 0 Å². The standard InChI is InChI=1S/C5H8N2O2S/c1-9-4(8)5(6)7-2-3-10-5/h2-3,7H,6H2,1H3. The number of esters is 1. The molecule has 0 aromatic carbocycles. The maximum absolute atomic E-state index is 10.9. The Morgan fingerprint density at radius 2 is 2.60 bits per heavy atom. The van der Waals surface area contributed by atoms with Gasteiger partial charge in [0.05, 0.1) is 7.11 Å². The number of nitrogens with two attached hydrogens (primary N) is 1. The number of rotatable bonds is 1. The van der Waals surface area contributed by atoms with E-state index in [4.69, 9.17) is 5.73 Å². The Kier molecular flexibility index (Phi) is 1.87. The van der Waals surface area contributed by atoms with Crippen molar-refractivity contribution in [1.29, 1.82) is 0 Å². The Bertz CT molecular complexity index is 172. The molecule has 0 spiro atoms. The number of hydrogen-bond donors (Lipinski definition) is 2. The first kappa shape index (κ1) is 7.43. The molecule has 0 fully saturated rings. The Balaban J connectivity index is 2.61.